The summed E-state index contributed by atoms with van der Waals surface area (Å²) >= 11 is 6.06. The smallest absolute Gasteiger partial charge is 0.336 e. The zero-order chi connectivity index (χ0) is 19.1. The van der Waals surface area contributed by atoms with Crippen LogP contribution in [-0.2, 0) is 12.6 Å². The molecule has 2 aromatic rings. The number of halogens is 4. The zero-order valence-electron chi connectivity index (χ0n) is 14.3. The summed E-state index contributed by atoms with van der Waals surface area (Å²) < 4.78 is 38.8. The van der Waals surface area contributed by atoms with E-state index < -0.39 is 17.9 Å². The highest BCUT2D eigenvalue weighted by molar-refractivity contribution is 6.30. The third-order valence-electron chi connectivity index (χ3n) is 4.40. The Morgan fingerprint density at radius 1 is 1.27 bits per heavy atom. The number of aryl methyl sites for hydroxylation is 1. The molecule has 1 aliphatic heterocycles. The minimum atomic E-state index is -4.69. The van der Waals surface area contributed by atoms with Crippen LogP contribution in [0.1, 0.15) is 46.0 Å². The Labute approximate surface area is 154 Å². The summed E-state index contributed by atoms with van der Waals surface area (Å²) in [6.45, 7) is 4.17. The van der Waals surface area contributed by atoms with E-state index in [4.69, 9.17) is 11.6 Å². The summed E-state index contributed by atoms with van der Waals surface area (Å²) in [5, 5.41) is 0.622. The molecule has 0 spiro atoms. The van der Waals surface area contributed by atoms with Crippen molar-refractivity contribution in [2.45, 2.75) is 32.4 Å². The van der Waals surface area contributed by atoms with Crippen molar-refractivity contribution in [3.63, 3.8) is 0 Å². The molecule has 26 heavy (non-hydrogen) atoms. The Morgan fingerprint density at radius 2 is 2.00 bits per heavy atom. The molecule has 0 fully saturated rings. The van der Waals surface area contributed by atoms with Gasteiger partial charge in [-0.05, 0) is 48.6 Å². The molecule has 4 nitrogen and oxygen atoms in total. The van der Waals surface area contributed by atoms with Crippen molar-refractivity contribution >= 4 is 17.5 Å². The van der Waals surface area contributed by atoms with Crippen molar-refractivity contribution in [2.24, 2.45) is 0 Å². The Hall–Kier alpha value is -2.15. The lowest BCUT2D eigenvalue weighted by Crippen LogP contribution is -2.35. The van der Waals surface area contributed by atoms with E-state index in [0.717, 1.165) is 11.1 Å². The molecule has 0 bridgehead atoms. The second-order valence-electron chi connectivity index (χ2n) is 6.46. The van der Waals surface area contributed by atoms with Crippen LogP contribution in [0.4, 0.5) is 13.2 Å². The van der Waals surface area contributed by atoms with Gasteiger partial charge >= 0.3 is 6.18 Å². The molecule has 1 amide bonds. The van der Waals surface area contributed by atoms with Crippen molar-refractivity contribution in [1.82, 2.24) is 14.9 Å². The molecule has 1 aromatic carbocycles. The fourth-order valence-corrected chi connectivity index (χ4v) is 3.36. The van der Waals surface area contributed by atoms with E-state index in [9.17, 15) is 18.0 Å². The number of fused-ring (bicyclic) bond motifs is 1. The first-order valence-electron chi connectivity index (χ1n) is 8.15. The summed E-state index contributed by atoms with van der Waals surface area (Å²) in [6, 6.07) is 6.90. The van der Waals surface area contributed by atoms with Gasteiger partial charge in [-0.2, -0.15) is 13.2 Å². The maximum Gasteiger partial charge on any atom is 0.451 e. The van der Waals surface area contributed by atoms with Crippen molar-refractivity contribution in [2.75, 3.05) is 13.1 Å². The van der Waals surface area contributed by atoms with Gasteiger partial charge < -0.3 is 4.90 Å². The summed E-state index contributed by atoms with van der Waals surface area (Å²) in [4.78, 5) is 21.2. The molecule has 1 aliphatic rings. The molecule has 0 saturated heterocycles. The summed E-state index contributed by atoms with van der Waals surface area (Å²) in [5.41, 5.74) is 2.02. The quantitative estimate of drug-likeness (QED) is 0.739. The number of carbonyl (C=O) groups excluding carboxylic acids is 1. The lowest BCUT2D eigenvalue weighted by Gasteiger charge is -2.23. The van der Waals surface area contributed by atoms with Crippen LogP contribution in [-0.4, -0.2) is 33.9 Å². The highest BCUT2D eigenvalue weighted by Crippen LogP contribution is 2.29. The highest BCUT2D eigenvalue weighted by atomic mass is 35.5. The van der Waals surface area contributed by atoms with Gasteiger partial charge in [0, 0.05) is 23.8 Å². The Bertz CT molecular complexity index is 854. The fraction of sp³-hybridized carbons (Fsp3) is 0.389. The van der Waals surface area contributed by atoms with Crippen LogP contribution in [0.15, 0.2) is 24.3 Å². The Kier molecular flexibility index (Phi) is 4.92. The molecule has 1 atom stereocenters. The van der Waals surface area contributed by atoms with Crippen LogP contribution >= 0.6 is 11.6 Å². The second-order valence-corrected chi connectivity index (χ2v) is 6.90. The number of nitrogens with zero attached hydrogens (tertiary/aromatic N) is 3. The standard InChI is InChI=1S/C18H17ClF3N3O/c1-10-9-25(6-5-12-3-4-13(19)8-14(10)12)16(26)15-7-11(2)23-17(24-15)18(20,21)22/h3-4,7-8,10H,5-6,9H2,1-2H3. The molecule has 0 saturated carbocycles. The molecule has 1 unspecified atom stereocenters. The predicted octanol–water partition coefficient (Wildman–Crippen LogP) is 4.26. The Morgan fingerprint density at radius 3 is 2.69 bits per heavy atom. The molecule has 1 aromatic heterocycles. The first-order chi connectivity index (χ1) is 12.1. The van der Waals surface area contributed by atoms with E-state index in [1.807, 2.05) is 19.1 Å². The van der Waals surface area contributed by atoms with E-state index >= 15 is 0 Å². The molecule has 8 heteroatoms. The molecule has 2 heterocycles. The van der Waals surface area contributed by atoms with Gasteiger partial charge in [-0.25, -0.2) is 9.97 Å². The highest BCUT2D eigenvalue weighted by Gasteiger charge is 2.36. The number of alkyl halides is 3. The van der Waals surface area contributed by atoms with Crippen LogP contribution in [0.5, 0.6) is 0 Å². The minimum Gasteiger partial charge on any atom is -0.336 e. The normalized spacial score (nSPS) is 17.6. The number of hydrogen-bond acceptors (Lipinski definition) is 3. The molecular weight excluding hydrogens is 367 g/mol. The summed E-state index contributed by atoms with van der Waals surface area (Å²) in [5.74, 6) is -1.80. The van der Waals surface area contributed by atoms with Crippen molar-refractivity contribution in [1.29, 1.82) is 0 Å². The second kappa shape index (κ2) is 6.87. The monoisotopic (exact) mass is 383 g/mol. The Balaban J connectivity index is 1.89. The third-order valence-corrected chi connectivity index (χ3v) is 4.63. The predicted molar refractivity (Wildman–Crippen MR) is 91.2 cm³/mol. The number of benzene rings is 1. The molecule has 0 N–H and O–H groups in total. The largest absolute Gasteiger partial charge is 0.451 e. The van der Waals surface area contributed by atoms with Gasteiger partial charge in [0.2, 0.25) is 5.82 Å². The first kappa shape index (κ1) is 18.6. The van der Waals surface area contributed by atoms with Gasteiger partial charge in [0.25, 0.3) is 5.91 Å². The minimum absolute atomic E-state index is 0.0140. The first-order valence-corrected chi connectivity index (χ1v) is 8.53. The van der Waals surface area contributed by atoms with Gasteiger partial charge in [0.1, 0.15) is 5.69 Å². The number of amides is 1. The van der Waals surface area contributed by atoms with Crippen LogP contribution < -0.4 is 0 Å². The van der Waals surface area contributed by atoms with Crippen molar-refractivity contribution in [3.05, 3.63) is 57.6 Å². The van der Waals surface area contributed by atoms with Gasteiger partial charge in [0.15, 0.2) is 0 Å². The SMILES string of the molecule is Cc1cc(C(=O)N2CCc3ccc(Cl)cc3C(C)C2)nc(C(F)(F)F)n1. The van der Waals surface area contributed by atoms with E-state index in [2.05, 4.69) is 9.97 Å². The van der Waals surface area contributed by atoms with Crippen molar-refractivity contribution < 1.29 is 18.0 Å². The topological polar surface area (TPSA) is 46.1 Å². The molecule has 138 valence electrons. The maximum atomic E-state index is 12.9. The third kappa shape index (κ3) is 3.82. The van der Waals surface area contributed by atoms with Crippen LogP contribution in [0.25, 0.3) is 0 Å². The number of carbonyl (C=O) groups is 1. The summed E-state index contributed by atoms with van der Waals surface area (Å²) in [7, 11) is 0. The fourth-order valence-electron chi connectivity index (χ4n) is 3.18. The maximum absolute atomic E-state index is 12.9. The molecule has 0 radical (unpaired) electrons. The van der Waals surface area contributed by atoms with Crippen LogP contribution in [0.3, 0.4) is 0 Å². The average Bonchev–Trinajstić information content (AvgIpc) is 2.72. The number of hydrogen-bond donors (Lipinski definition) is 0. The van der Waals surface area contributed by atoms with Crippen molar-refractivity contribution in [3.8, 4) is 0 Å². The zero-order valence-corrected chi connectivity index (χ0v) is 15.0. The molecule has 0 aliphatic carbocycles. The van der Waals surface area contributed by atoms with E-state index in [0.29, 0.717) is 24.5 Å². The summed E-state index contributed by atoms with van der Waals surface area (Å²) in [6.07, 6.45) is -4.08. The van der Waals surface area contributed by atoms with E-state index in [-0.39, 0.29) is 17.3 Å². The van der Waals surface area contributed by atoms with Gasteiger partial charge in [0.05, 0.1) is 0 Å². The lowest BCUT2D eigenvalue weighted by molar-refractivity contribution is -0.145. The van der Waals surface area contributed by atoms with Gasteiger partial charge in [-0.1, -0.05) is 24.6 Å². The molecule has 3 rings (SSSR count). The van der Waals surface area contributed by atoms with Crippen LogP contribution in [0, 0.1) is 6.92 Å². The number of rotatable bonds is 1. The van der Waals surface area contributed by atoms with E-state index in [1.165, 1.54) is 13.0 Å². The number of aromatic nitrogens is 2. The van der Waals surface area contributed by atoms with E-state index in [1.54, 1.807) is 11.0 Å². The van der Waals surface area contributed by atoms with Crippen LogP contribution in [0.2, 0.25) is 5.02 Å². The average molecular weight is 384 g/mol. The molecular formula is C18H17ClF3N3O. The lowest BCUT2D eigenvalue weighted by atomic mass is 9.95. The van der Waals surface area contributed by atoms with Gasteiger partial charge in [-0.3, -0.25) is 4.79 Å². The van der Waals surface area contributed by atoms with Gasteiger partial charge in [-0.15, -0.1) is 0 Å².